The Bertz CT molecular complexity index is 1780. The van der Waals surface area contributed by atoms with Crippen molar-refractivity contribution >= 4 is 23.0 Å². The highest BCUT2D eigenvalue weighted by Gasteiger charge is 2.41. The molecule has 0 aliphatic rings. The third-order valence-corrected chi connectivity index (χ3v) is 8.37. The van der Waals surface area contributed by atoms with Gasteiger partial charge in [-0.05, 0) is 44.5 Å². The minimum atomic E-state index is -0.851. The Morgan fingerprint density at radius 2 is 1.21 bits per heavy atom. The summed E-state index contributed by atoms with van der Waals surface area (Å²) in [6.07, 6.45) is 0. The molecule has 0 saturated carbocycles. The molecule has 1 heterocycles. The molecule has 0 radical (unpaired) electrons. The summed E-state index contributed by atoms with van der Waals surface area (Å²) in [5.41, 5.74) is 6.22. The number of aromatic nitrogens is 4. The van der Waals surface area contributed by atoms with Crippen molar-refractivity contribution in [3.05, 3.63) is 162 Å². The Hall–Kier alpha value is -4.92. The van der Waals surface area contributed by atoms with E-state index in [4.69, 9.17) is 15.0 Å². The molecule has 0 aliphatic carbocycles. The van der Waals surface area contributed by atoms with Gasteiger partial charge in [0.1, 0.15) is 6.04 Å². The van der Waals surface area contributed by atoms with Gasteiger partial charge in [-0.25, -0.2) is 0 Å². The van der Waals surface area contributed by atoms with E-state index in [0.29, 0.717) is 12.4 Å². The highest BCUT2D eigenvalue weighted by atomic mass is 79.9. The average molecular weight is 689 g/mol. The molecular weight excluding hydrogens is 650 g/mol. The molecule has 1 N–H and O–H groups in total. The van der Waals surface area contributed by atoms with Crippen molar-refractivity contribution in [1.82, 2.24) is 25.5 Å². The first-order valence-corrected chi connectivity index (χ1v) is 15.5. The van der Waals surface area contributed by atoms with E-state index in [2.05, 4.69) is 77.1 Å². The van der Waals surface area contributed by atoms with E-state index in [9.17, 15) is 4.79 Å². The molecule has 0 bridgehead atoms. The summed E-state index contributed by atoms with van der Waals surface area (Å²) in [7, 11) is 1.42. The van der Waals surface area contributed by atoms with Gasteiger partial charge in [0, 0.05) is 12.1 Å². The van der Waals surface area contributed by atoms with E-state index in [0.717, 1.165) is 38.9 Å². The molecule has 0 spiro atoms. The summed E-state index contributed by atoms with van der Waals surface area (Å²) in [6.45, 7) is 4.56. The number of esters is 1. The van der Waals surface area contributed by atoms with Crippen LogP contribution in [0.25, 0.3) is 22.5 Å². The van der Waals surface area contributed by atoms with Crippen molar-refractivity contribution in [2.45, 2.75) is 32.0 Å². The van der Waals surface area contributed by atoms with Crippen LogP contribution in [0.2, 0.25) is 0 Å². The fourth-order valence-electron chi connectivity index (χ4n) is 6.03. The van der Waals surface area contributed by atoms with Gasteiger partial charge < -0.3 is 10.1 Å². The van der Waals surface area contributed by atoms with Crippen LogP contribution in [0.5, 0.6) is 0 Å². The van der Waals surface area contributed by atoms with Crippen LogP contribution in [0, 0.1) is 5.92 Å². The van der Waals surface area contributed by atoms with E-state index < -0.39 is 5.54 Å². The zero-order valence-corrected chi connectivity index (χ0v) is 28.4. The quantitative estimate of drug-likeness (QED) is 0.111. The average Bonchev–Trinajstić information content (AvgIpc) is 3.60. The van der Waals surface area contributed by atoms with Crippen molar-refractivity contribution in [1.29, 1.82) is 0 Å². The minimum absolute atomic E-state index is 0. The Balaban J connectivity index is 0.00000433. The summed E-state index contributed by atoms with van der Waals surface area (Å²) < 4.78 is 4.97. The number of hydrogen-bond acceptors (Lipinski definition) is 6. The Labute approximate surface area is 286 Å². The van der Waals surface area contributed by atoms with Crippen LogP contribution in [0.1, 0.15) is 36.1 Å². The third kappa shape index (κ3) is 6.80. The van der Waals surface area contributed by atoms with Gasteiger partial charge in [0.25, 0.3) is 0 Å². The molecule has 47 heavy (non-hydrogen) atoms. The van der Waals surface area contributed by atoms with Crippen LogP contribution in [0.3, 0.4) is 0 Å². The topological polar surface area (TPSA) is 81.9 Å². The fourth-order valence-corrected chi connectivity index (χ4v) is 6.03. The standard InChI is InChI=1S/C39H37N5O2.BrH/c1-28(2)36(38(45)46-3)40-27-29-23-25-30(26-24-29)34-21-13-14-22-35(34)37-41-43-44(42-37)39(31-15-7-4-8-16-31,32-17-9-5-10-18-32)33-19-11-6-12-20-33;/h4-26,28,36,40H,27H2,1-3H3;1H/t36-;/m0./s1. The molecule has 0 fully saturated rings. The Kier molecular flexibility index (Phi) is 10.8. The van der Waals surface area contributed by atoms with Crippen molar-refractivity contribution in [2.24, 2.45) is 5.92 Å². The molecule has 0 unspecified atom stereocenters. The number of ether oxygens (including phenoxy) is 1. The molecule has 5 aromatic carbocycles. The highest BCUT2D eigenvalue weighted by Crippen LogP contribution is 2.40. The lowest BCUT2D eigenvalue weighted by Crippen LogP contribution is -2.41. The number of halogens is 1. The maximum absolute atomic E-state index is 12.2. The van der Waals surface area contributed by atoms with E-state index in [-0.39, 0.29) is 34.9 Å². The number of nitrogens with zero attached hydrogens (tertiary/aromatic N) is 4. The lowest BCUT2D eigenvalue weighted by atomic mass is 9.77. The zero-order chi connectivity index (χ0) is 31.9. The Morgan fingerprint density at radius 3 is 1.70 bits per heavy atom. The second kappa shape index (κ2) is 15.1. The zero-order valence-electron chi connectivity index (χ0n) is 26.7. The first-order chi connectivity index (χ1) is 22.5. The van der Waals surface area contributed by atoms with Crippen LogP contribution in [0.4, 0.5) is 0 Å². The number of carbonyl (C=O) groups excluding carboxylic acids is 1. The number of rotatable bonds is 11. The highest BCUT2D eigenvalue weighted by molar-refractivity contribution is 8.93. The van der Waals surface area contributed by atoms with Gasteiger partial charge >= 0.3 is 5.97 Å². The van der Waals surface area contributed by atoms with Crippen molar-refractivity contribution in [2.75, 3.05) is 7.11 Å². The van der Waals surface area contributed by atoms with Gasteiger partial charge in [-0.3, -0.25) is 4.79 Å². The summed E-state index contributed by atoms with van der Waals surface area (Å²) >= 11 is 0. The van der Waals surface area contributed by atoms with Crippen LogP contribution in [-0.2, 0) is 21.6 Å². The van der Waals surface area contributed by atoms with E-state index >= 15 is 0 Å². The monoisotopic (exact) mass is 687 g/mol. The Morgan fingerprint density at radius 1 is 0.723 bits per heavy atom. The maximum atomic E-state index is 12.2. The molecule has 0 amide bonds. The SMILES string of the molecule is Br.COC(=O)[C@@H](NCc1ccc(-c2ccccc2-c2nnn(C(c3ccccc3)(c3ccccc3)c3ccccc3)n2)cc1)C(C)C. The molecular formula is C39H38BrN5O2. The number of benzene rings is 5. The lowest BCUT2D eigenvalue weighted by Gasteiger charge is -2.34. The van der Waals surface area contributed by atoms with Crippen LogP contribution >= 0.6 is 17.0 Å². The molecule has 1 aromatic heterocycles. The second-order valence-electron chi connectivity index (χ2n) is 11.6. The molecule has 1 atom stereocenters. The smallest absolute Gasteiger partial charge is 0.323 e. The predicted octanol–water partition coefficient (Wildman–Crippen LogP) is 7.71. The summed E-state index contributed by atoms with van der Waals surface area (Å²) in [5, 5.41) is 17.9. The predicted molar refractivity (Wildman–Crippen MR) is 191 cm³/mol. The normalized spacial score (nSPS) is 11.9. The third-order valence-electron chi connectivity index (χ3n) is 8.37. The fraction of sp³-hybridized carbons (Fsp3) is 0.179. The van der Waals surface area contributed by atoms with Crippen molar-refractivity contribution in [3.8, 4) is 22.5 Å². The first kappa shape index (κ1) is 33.4. The van der Waals surface area contributed by atoms with Crippen molar-refractivity contribution in [3.63, 3.8) is 0 Å². The van der Waals surface area contributed by atoms with Gasteiger partial charge in [0.2, 0.25) is 5.82 Å². The van der Waals surface area contributed by atoms with Crippen LogP contribution in [0.15, 0.2) is 140 Å². The van der Waals surface area contributed by atoms with Gasteiger partial charge in [-0.1, -0.05) is 153 Å². The molecule has 6 rings (SSSR count). The van der Waals surface area contributed by atoms with Crippen molar-refractivity contribution < 1.29 is 9.53 Å². The number of nitrogens with one attached hydrogen (secondary N) is 1. The molecule has 0 saturated heterocycles. The largest absolute Gasteiger partial charge is 0.468 e. The maximum Gasteiger partial charge on any atom is 0.323 e. The van der Waals surface area contributed by atoms with Gasteiger partial charge in [-0.15, -0.1) is 32.0 Å². The van der Waals surface area contributed by atoms with Gasteiger partial charge in [0.15, 0.2) is 5.54 Å². The van der Waals surface area contributed by atoms with E-state index in [1.807, 2.05) is 86.6 Å². The number of tetrazole rings is 1. The molecule has 7 nitrogen and oxygen atoms in total. The van der Waals surface area contributed by atoms with Crippen LogP contribution in [-0.4, -0.2) is 39.3 Å². The number of carbonyl (C=O) groups is 1. The molecule has 0 aliphatic heterocycles. The summed E-state index contributed by atoms with van der Waals surface area (Å²) in [4.78, 5) is 13.9. The number of methoxy groups -OCH3 is 1. The summed E-state index contributed by atoms with van der Waals surface area (Å²) in [6, 6.07) is 47.1. The van der Waals surface area contributed by atoms with E-state index in [1.54, 1.807) is 4.80 Å². The lowest BCUT2D eigenvalue weighted by molar-refractivity contribution is -0.144. The minimum Gasteiger partial charge on any atom is -0.468 e. The van der Waals surface area contributed by atoms with E-state index in [1.165, 1.54) is 7.11 Å². The molecule has 6 aromatic rings. The second-order valence-corrected chi connectivity index (χ2v) is 11.6. The number of hydrogen-bond donors (Lipinski definition) is 1. The first-order valence-electron chi connectivity index (χ1n) is 15.5. The van der Waals surface area contributed by atoms with Gasteiger partial charge in [-0.2, -0.15) is 0 Å². The molecule has 238 valence electrons. The van der Waals surface area contributed by atoms with Crippen LogP contribution < -0.4 is 5.32 Å². The molecule has 8 heteroatoms. The summed E-state index contributed by atoms with van der Waals surface area (Å²) in [5.74, 6) is 0.396. The van der Waals surface area contributed by atoms with Gasteiger partial charge in [0.05, 0.1) is 7.11 Å².